The lowest BCUT2D eigenvalue weighted by Gasteiger charge is -2.35. The van der Waals surface area contributed by atoms with Crippen LogP contribution < -0.4 is 4.90 Å². The van der Waals surface area contributed by atoms with Crippen molar-refractivity contribution in [1.29, 1.82) is 0 Å². The number of hydrogen-bond donors (Lipinski definition) is 0. The molecule has 13 rings (SSSR count). The molecule has 0 N–H and O–H groups in total. The maximum atomic E-state index is 2.52. The SMILES string of the molecule is c1ccc(N(c2ccc(C3(c4ccccc4)c4ccccc4-c4ccccc43)cc2)c2cccc3c2-c2cc4sc5ccccc5c4cc2C3(c2ccccc2)c2ccccc2)cc1. The number of anilines is 3. The number of nitrogens with zero attached hydrogens (tertiary/aromatic N) is 1. The summed E-state index contributed by atoms with van der Waals surface area (Å²) in [6.07, 6.45) is 0. The number of benzene rings is 10. The Labute approximate surface area is 377 Å². The summed E-state index contributed by atoms with van der Waals surface area (Å²) in [6, 6.07) is 92.7. The number of thiophene rings is 1. The van der Waals surface area contributed by atoms with Gasteiger partial charge < -0.3 is 4.90 Å². The Morgan fingerprint density at radius 2 is 0.766 bits per heavy atom. The molecule has 64 heavy (non-hydrogen) atoms. The number of hydrogen-bond acceptors (Lipinski definition) is 2. The summed E-state index contributed by atoms with van der Waals surface area (Å²) in [5.74, 6) is 0. The van der Waals surface area contributed by atoms with Crippen molar-refractivity contribution in [2.75, 3.05) is 4.90 Å². The molecule has 0 spiro atoms. The number of para-hydroxylation sites is 1. The fourth-order valence-electron chi connectivity index (χ4n) is 11.5. The Kier molecular flexibility index (Phi) is 8.28. The number of rotatable bonds is 7. The van der Waals surface area contributed by atoms with Gasteiger partial charge in [0.1, 0.15) is 0 Å². The van der Waals surface area contributed by atoms with Gasteiger partial charge in [-0.2, -0.15) is 0 Å². The van der Waals surface area contributed by atoms with Crippen molar-refractivity contribution in [2.45, 2.75) is 10.8 Å². The summed E-state index contributed by atoms with van der Waals surface area (Å²) in [5.41, 5.74) is 17.7. The van der Waals surface area contributed by atoms with E-state index in [0.717, 1.165) is 17.1 Å². The Balaban J connectivity index is 1.08. The molecule has 0 saturated carbocycles. The molecule has 1 nitrogen and oxygen atoms in total. The molecule has 0 amide bonds. The lowest BCUT2D eigenvalue weighted by Crippen LogP contribution is -2.28. The van der Waals surface area contributed by atoms with Crippen LogP contribution in [-0.2, 0) is 10.8 Å². The molecule has 300 valence electrons. The van der Waals surface area contributed by atoms with E-state index in [0.29, 0.717) is 0 Å². The molecule has 2 heteroatoms. The number of fused-ring (bicyclic) bond motifs is 9. The fourth-order valence-corrected chi connectivity index (χ4v) is 12.6. The molecule has 1 heterocycles. The monoisotopic (exact) mass is 831 g/mol. The van der Waals surface area contributed by atoms with Crippen molar-refractivity contribution in [1.82, 2.24) is 0 Å². The molecule has 2 aliphatic rings. The van der Waals surface area contributed by atoms with Crippen LogP contribution in [0.3, 0.4) is 0 Å². The summed E-state index contributed by atoms with van der Waals surface area (Å²) >= 11 is 1.89. The average molecular weight is 832 g/mol. The van der Waals surface area contributed by atoms with E-state index in [9.17, 15) is 0 Å². The summed E-state index contributed by atoms with van der Waals surface area (Å²) in [6.45, 7) is 0. The van der Waals surface area contributed by atoms with Crippen LogP contribution >= 0.6 is 11.3 Å². The smallest absolute Gasteiger partial charge is 0.0714 e. The van der Waals surface area contributed by atoms with Crippen LogP contribution in [0, 0.1) is 0 Å². The molecule has 2 aliphatic carbocycles. The normalized spacial score (nSPS) is 13.9. The van der Waals surface area contributed by atoms with Gasteiger partial charge in [-0.1, -0.05) is 200 Å². The van der Waals surface area contributed by atoms with Crippen LogP contribution in [0.2, 0.25) is 0 Å². The highest BCUT2D eigenvalue weighted by molar-refractivity contribution is 7.25. The first-order valence-electron chi connectivity index (χ1n) is 22.2. The van der Waals surface area contributed by atoms with Crippen molar-refractivity contribution >= 4 is 48.6 Å². The molecule has 0 radical (unpaired) electrons. The molecule has 0 saturated heterocycles. The molecule has 0 atom stereocenters. The van der Waals surface area contributed by atoms with Gasteiger partial charge in [-0.05, 0) is 110 Å². The second-order valence-corrected chi connectivity index (χ2v) is 18.2. The third-order valence-corrected chi connectivity index (χ3v) is 15.2. The summed E-state index contributed by atoms with van der Waals surface area (Å²) in [5, 5.41) is 2.62. The topological polar surface area (TPSA) is 3.24 Å². The van der Waals surface area contributed by atoms with E-state index in [1.165, 1.54) is 86.9 Å². The van der Waals surface area contributed by atoms with E-state index in [1.807, 2.05) is 11.3 Å². The second kappa shape index (κ2) is 14.4. The first kappa shape index (κ1) is 36.8. The maximum absolute atomic E-state index is 2.52. The molecule has 0 unspecified atom stereocenters. The van der Waals surface area contributed by atoms with Gasteiger partial charge in [0.25, 0.3) is 0 Å². The fraction of sp³-hybridized carbons (Fsp3) is 0.0323. The van der Waals surface area contributed by atoms with E-state index in [1.54, 1.807) is 0 Å². The Bertz CT molecular complexity index is 3450. The first-order valence-corrected chi connectivity index (χ1v) is 23.0. The predicted molar refractivity (Wildman–Crippen MR) is 269 cm³/mol. The quantitative estimate of drug-likeness (QED) is 0.155. The summed E-state index contributed by atoms with van der Waals surface area (Å²) in [7, 11) is 0. The molecule has 10 aromatic carbocycles. The van der Waals surface area contributed by atoms with Gasteiger partial charge in [0.2, 0.25) is 0 Å². The third-order valence-electron chi connectivity index (χ3n) is 14.0. The molecular formula is C62H41NS. The van der Waals surface area contributed by atoms with Gasteiger partial charge in [-0.25, -0.2) is 0 Å². The minimum Gasteiger partial charge on any atom is -0.310 e. The van der Waals surface area contributed by atoms with Gasteiger partial charge in [0, 0.05) is 37.1 Å². The standard InChI is InChI=1S/C62H41NS/c1-5-20-42(21-6-1)61(53-31-16-13-28-48(53)49-29-14-17-32-54(49)61)45-36-38-47(39-37-45)63(46-26-11-4-12-27-46)57-34-19-33-55-60(57)52-41-59-51(50-30-15-18-35-58(50)64-59)40-56(52)62(55,43-22-7-2-8-23-43)44-24-9-3-10-25-44/h1-41H. The van der Waals surface area contributed by atoms with Crippen molar-refractivity contribution in [3.05, 3.63) is 293 Å². The van der Waals surface area contributed by atoms with Gasteiger partial charge >= 0.3 is 0 Å². The van der Waals surface area contributed by atoms with Crippen molar-refractivity contribution in [3.8, 4) is 22.3 Å². The minimum atomic E-state index is -0.558. The zero-order valence-corrected chi connectivity index (χ0v) is 35.8. The van der Waals surface area contributed by atoms with Gasteiger partial charge in [0.15, 0.2) is 0 Å². The van der Waals surface area contributed by atoms with Crippen LogP contribution in [0.1, 0.15) is 44.5 Å². The molecule has 11 aromatic rings. The largest absolute Gasteiger partial charge is 0.310 e. The Morgan fingerprint density at radius 3 is 1.38 bits per heavy atom. The van der Waals surface area contributed by atoms with Gasteiger partial charge in [-0.15, -0.1) is 11.3 Å². The zero-order chi connectivity index (χ0) is 42.2. The van der Waals surface area contributed by atoms with Crippen LogP contribution in [-0.4, -0.2) is 0 Å². The van der Waals surface area contributed by atoms with Gasteiger partial charge in [0.05, 0.1) is 16.5 Å². The van der Waals surface area contributed by atoms with Crippen LogP contribution in [0.15, 0.2) is 249 Å². The molecule has 0 bridgehead atoms. The zero-order valence-electron chi connectivity index (χ0n) is 35.0. The Hall–Kier alpha value is -7.78. The van der Waals surface area contributed by atoms with Gasteiger partial charge in [-0.3, -0.25) is 0 Å². The average Bonchev–Trinajstić information content (AvgIpc) is 3.99. The van der Waals surface area contributed by atoms with E-state index in [2.05, 4.69) is 254 Å². The van der Waals surface area contributed by atoms with E-state index < -0.39 is 10.8 Å². The third kappa shape index (κ3) is 5.12. The highest BCUT2D eigenvalue weighted by atomic mass is 32.1. The Morgan fingerprint density at radius 1 is 0.297 bits per heavy atom. The van der Waals surface area contributed by atoms with Crippen LogP contribution in [0.5, 0.6) is 0 Å². The van der Waals surface area contributed by atoms with Crippen molar-refractivity contribution < 1.29 is 0 Å². The highest BCUT2D eigenvalue weighted by Gasteiger charge is 2.49. The predicted octanol–water partition coefficient (Wildman–Crippen LogP) is 16.3. The second-order valence-electron chi connectivity index (χ2n) is 17.1. The minimum absolute atomic E-state index is 0.474. The van der Waals surface area contributed by atoms with E-state index >= 15 is 0 Å². The van der Waals surface area contributed by atoms with Crippen LogP contribution in [0.4, 0.5) is 17.1 Å². The molecular weight excluding hydrogens is 791 g/mol. The highest BCUT2D eigenvalue weighted by Crippen LogP contribution is 2.61. The molecule has 1 aromatic heterocycles. The lowest BCUT2D eigenvalue weighted by atomic mass is 9.67. The molecule has 0 fully saturated rings. The van der Waals surface area contributed by atoms with Crippen molar-refractivity contribution in [3.63, 3.8) is 0 Å². The van der Waals surface area contributed by atoms with E-state index in [-0.39, 0.29) is 0 Å². The lowest BCUT2D eigenvalue weighted by molar-refractivity contribution is 0.768. The van der Waals surface area contributed by atoms with Crippen LogP contribution in [0.25, 0.3) is 42.4 Å². The van der Waals surface area contributed by atoms with Crippen molar-refractivity contribution in [2.24, 2.45) is 0 Å². The molecule has 0 aliphatic heterocycles. The summed E-state index contributed by atoms with van der Waals surface area (Å²) < 4.78 is 2.61. The first-order chi connectivity index (χ1) is 31.8. The van der Waals surface area contributed by atoms with E-state index in [4.69, 9.17) is 0 Å². The summed E-state index contributed by atoms with van der Waals surface area (Å²) in [4.78, 5) is 2.49. The maximum Gasteiger partial charge on any atom is 0.0714 e.